The molecule has 2 aromatic heterocycles. The first kappa shape index (κ1) is 28.5. The molecule has 1 aliphatic carbocycles. The van der Waals surface area contributed by atoms with Gasteiger partial charge in [-0.3, -0.25) is 4.68 Å². The first-order chi connectivity index (χ1) is 18.8. The van der Waals surface area contributed by atoms with E-state index in [-0.39, 0.29) is 28.4 Å². The molecule has 2 aliphatic rings. The van der Waals surface area contributed by atoms with Gasteiger partial charge in [-0.1, -0.05) is 23.2 Å². The number of rotatable bonds is 5. The molecule has 1 aromatic carbocycles. The van der Waals surface area contributed by atoms with E-state index in [9.17, 15) is 9.18 Å². The number of benzene rings is 1. The smallest absolute Gasteiger partial charge is 0.410 e. The Bertz CT molecular complexity index is 1420. The number of anilines is 1. The first-order valence-electron chi connectivity index (χ1n) is 13.4. The first-order valence-corrected chi connectivity index (χ1v) is 14.2. The highest BCUT2D eigenvalue weighted by Crippen LogP contribution is 2.53. The predicted molar refractivity (Wildman–Crippen MR) is 153 cm³/mol. The summed E-state index contributed by atoms with van der Waals surface area (Å²) in [5, 5.41) is 4.83. The second kappa shape index (κ2) is 10.7. The molecule has 1 spiro atoms. The maximum absolute atomic E-state index is 14.0. The molecule has 2 fully saturated rings. The van der Waals surface area contributed by atoms with E-state index in [0.717, 1.165) is 43.4 Å². The van der Waals surface area contributed by atoms with Gasteiger partial charge >= 0.3 is 6.09 Å². The van der Waals surface area contributed by atoms with Crippen LogP contribution in [0.3, 0.4) is 0 Å². The number of aromatic nitrogens is 3. The predicted octanol–water partition coefficient (Wildman–Crippen LogP) is 7.47. The molecule has 1 saturated carbocycles. The molecule has 5 rings (SSSR count). The van der Waals surface area contributed by atoms with E-state index in [2.05, 4.69) is 10.1 Å². The minimum Gasteiger partial charge on any atom is -0.482 e. The molecule has 1 amide bonds. The van der Waals surface area contributed by atoms with E-state index in [4.69, 9.17) is 38.4 Å². The maximum atomic E-state index is 14.0. The van der Waals surface area contributed by atoms with E-state index >= 15 is 0 Å². The third kappa shape index (κ3) is 5.86. The standard InChI is InChI=1S/C29H34Cl2FN5O3/c1-17(24-21(30)6-7-22(32)25(24)31)39-23-10-18(13-34-26(23)33)19-14-35-37(15-19)20-11-29(12-20)8-5-9-36(16-29)27(38)40-28(2,3)4/h6-7,10,13-15,17,20H,5,8-9,11-12,16H2,1-4H3,(H2,33,34)/t17-,20?,29?/m1/s1. The van der Waals surface area contributed by atoms with Crippen molar-refractivity contribution >= 4 is 35.1 Å². The molecule has 3 heterocycles. The van der Waals surface area contributed by atoms with Gasteiger partial charge in [0.25, 0.3) is 0 Å². The lowest BCUT2D eigenvalue weighted by atomic mass is 9.61. The number of amides is 1. The number of pyridine rings is 1. The van der Waals surface area contributed by atoms with Crippen molar-refractivity contribution in [3.8, 4) is 16.9 Å². The van der Waals surface area contributed by atoms with E-state index < -0.39 is 17.5 Å². The SMILES string of the molecule is C[C@@H](Oc1cc(-c2cnn(C3CC4(CCCN(C(=O)OC(C)(C)C)C4)C3)c2)cnc1N)c1c(Cl)ccc(F)c1Cl. The van der Waals surface area contributed by atoms with Crippen LogP contribution in [-0.2, 0) is 4.74 Å². The van der Waals surface area contributed by atoms with Gasteiger partial charge in [0.15, 0.2) is 11.6 Å². The zero-order valence-electron chi connectivity index (χ0n) is 23.1. The highest BCUT2D eigenvalue weighted by molar-refractivity contribution is 6.36. The fraction of sp³-hybridized carbons (Fsp3) is 0.483. The summed E-state index contributed by atoms with van der Waals surface area (Å²) in [6.07, 6.45) is 8.52. The van der Waals surface area contributed by atoms with Crippen molar-refractivity contribution < 1.29 is 18.7 Å². The molecule has 0 unspecified atom stereocenters. The zero-order chi connectivity index (χ0) is 28.8. The number of ether oxygens (including phenoxy) is 2. The molecular weight excluding hydrogens is 556 g/mol. The molecule has 1 atom stereocenters. The van der Waals surface area contributed by atoms with E-state index in [1.807, 2.05) is 36.5 Å². The third-order valence-electron chi connectivity index (χ3n) is 7.63. The van der Waals surface area contributed by atoms with E-state index in [0.29, 0.717) is 22.9 Å². The van der Waals surface area contributed by atoms with Gasteiger partial charge in [0.2, 0.25) is 0 Å². The number of carbonyl (C=O) groups excluding carboxylic acids is 1. The highest BCUT2D eigenvalue weighted by Gasteiger charge is 2.48. The molecule has 0 radical (unpaired) electrons. The Morgan fingerprint density at radius 1 is 1.23 bits per heavy atom. The molecule has 214 valence electrons. The zero-order valence-corrected chi connectivity index (χ0v) is 24.6. The summed E-state index contributed by atoms with van der Waals surface area (Å²) >= 11 is 12.4. The second-order valence-corrected chi connectivity index (χ2v) is 12.7. The summed E-state index contributed by atoms with van der Waals surface area (Å²) in [6.45, 7) is 8.84. The summed E-state index contributed by atoms with van der Waals surface area (Å²) in [4.78, 5) is 18.8. The average molecular weight is 591 g/mol. The van der Waals surface area contributed by atoms with Crippen molar-refractivity contribution in [3.63, 3.8) is 0 Å². The van der Waals surface area contributed by atoms with Crippen molar-refractivity contribution in [2.75, 3.05) is 18.8 Å². The maximum Gasteiger partial charge on any atom is 0.410 e. The minimum absolute atomic E-state index is 0.0885. The molecule has 0 bridgehead atoms. The lowest BCUT2D eigenvalue weighted by Crippen LogP contribution is -2.53. The monoisotopic (exact) mass is 589 g/mol. The van der Waals surface area contributed by atoms with Gasteiger partial charge < -0.3 is 20.1 Å². The second-order valence-electron chi connectivity index (χ2n) is 11.9. The van der Waals surface area contributed by atoms with Crippen molar-refractivity contribution in [2.24, 2.45) is 5.41 Å². The Morgan fingerprint density at radius 2 is 1.98 bits per heavy atom. The number of piperidine rings is 1. The lowest BCUT2D eigenvalue weighted by molar-refractivity contribution is -0.0365. The Kier molecular flexibility index (Phi) is 7.65. The quantitative estimate of drug-likeness (QED) is 0.310. The molecule has 8 nitrogen and oxygen atoms in total. The Labute approximate surface area is 243 Å². The number of likely N-dealkylation sites (tertiary alicyclic amines) is 1. The highest BCUT2D eigenvalue weighted by atomic mass is 35.5. The summed E-state index contributed by atoms with van der Waals surface area (Å²) in [7, 11) is 0. The lowest BCUT2D eigenvalue weighted by Gasteiger charge is -2.52. The van der Waals surface area contributed by atoms with Crippen LogP contribution in [0.25, 0.3) is 11.1 Å². The fourth-order valence-electron chi connectivity index (χ4n) is 5.71. The Morgan fingerprint density at radius 3 is 2.70 bits per heavy atom. The van der Waals surface area contributed by atoms with Gasteiger partial charge in [-0.25, -0.2) is 14.2 Å². The largest absolute Gasteiger partial charge is 0.482 e. The number of nitrogens with two attached hydrogens (primary N) is 1. The normalized spacial score (nSPS) is 21.7. The Hall–Kier alpha value is -3.04. The van der Waals surface area contributed by atoms with Crippen LogP contribution in [0.5, 0.6) is 5.75 Å². The average Bonchev–Trinajstić information content (AvgIpc) is 3.35. The van der Waals surface area contributed by atoms with Gasteiger partial charge in [0.05, 0.1) is 17.3 Å². The molecule has 2 N–H and O–H groups in total. The van der Waals surface area contributed by atoms with Crippen LogP contribution in [0.1, 0.15) is 71.1 Å². The number of hydrogen-bond donors (Lipinski definition) is 1. The minimum atomic E-state index is -0.667. The fourth-order valence-corrected chi connectivity index (χ4v) is 6.39. The van der Waals surface area contributed by atoms with E-state index in [1.54, 1.807) is 25.4 Å². The summed E-state index contributed by atoms with van der Waals surface area (Å²) < 4.78 is 27.7. The van der Waals surface area contributed by atoms with Crippen LogP contribution >= 0.6 is 23.2 Å². The molecule has 11 heteroatoms. The van der Waals surface area contributed by atoms with Crippen LogP contribution in [-0.4, -0.2) is 44.4 Å². The topological polar surface area (TPSA) is 95.5 Å². The van der Waals surface area contributed by atoms with Gasteiger partial charge in [0, 0.05) is 47.2 Å². The van der Waals surface area contributed by atoms with Crippen LogP contribution in [0, 0.1) is 11.2 Å². The van der Waals surface area contributed by atoms with Crippen molar-refractivity contribution in [1.82, 2.24) is 19.7 Å². The van der Waals surface area contributed by atoms with Crippen LogP contribution in [0.2, 0.25) is 10.0 Å². The van der Waals surface area contributed by atoms with Crippen molar-refractivity contribution in [2.45, 2.75) is 71.1 Å². The summed E-state index contributed by atoms with van der Waals surface area (Å²) in [5.41, 5.74) is 7.68. The van der Waals surface area contributed by atoms with Gasteiger partial charge in [-0.2, -0.15) is 5.10 Å². The number of carbonyl (C=O) groups is 1. The number of nitrogen functional groups attached to an aromatic ring is 1. The molecule has 1 saturated heterocycles. The van der Waals surface area contributed by atoms with Crippen LogP contribution in [0.4, 0.5) is 15.0 Å². The molecular formula is C29H34Cl2FN5O3. The number of nitrogens with zero attached hydrogens (tertiary/aromatic N) is 4. The number of halogens is 3. The molecule has 3 aromatic rings. The molecule has 1 aliphatic heterocycles. The summed E-state index contributed by atoms with van der Waals surface area (Å²) in [6, 6.07) is 4.69. The van der Waals surface area contributed by atoms with Gasteiger partial charge in [0.1, 0.15) is 17.5 Å². The van der Waals surface area contributed by atoms with Crippen molar-refractivity contribution in [1.29, 1.82) is 0 Å². The van der Waals surface area contributed by atoms with E-state index in [1.165, 1.54) is 12.1 Å². The summed E-state index contributed by atoms with van der Waals surface area (Å²) in [5.74, 6) is -0.0482. The third-order valence-corrected chi connectivity index (χ3v) is 8.34. The van der Waals surface area contributed by atoms with Crippen molar-refractivity contribution in [3.05, 3.63) is 58.2 Å². The number of hydrogen-bond acceptors (Lipinski definition) is 6. The van der Waals surface area contributed by atoms with Gasteiger partial charge in [-0.15, -0.1) is 0 Å². The van der Waals surface area contributed by atoms with Gasteiger partial charge in [-0.05, 0) is 77.0 Å². The Balaban J connectivity index is 1.26. The molecule has 40 heavy (non-hydrogen) atoms. The van der Waals surface area contributed by atoms with Crippen LogP contribution in [0.15, 0.2) is 36.8 Å². The van der Waals surface area contributed by atoms with Crippen LogP contribution < -0.4 is 10.5 Å².